The van der Waals surface area contributed by atoms with Crippen molar-refractivity contribution < 1.29 is 14.3 Å². The summed E-state index contributed by atoms with van der Waals surface area (Å²) in [5.74, 6) is 0.508. The highest BCUT2D eigenvalue weighted by Gasteiger charge is 2.46. The molecule has 116 valence electrons. The minimum absolute atomic E-state index is 0.128. The Kier molecular flexibility index (Phi) is 5.41. The van der Waals surface area contributed by atoms with Gasteiger partial charge in [0.15, 0.2) is 0 Å². The molecule has 5 heteroatoms. The van der Waals surface area contributed by atoms with E-state index in [1.165, 1.54) is 20.0 Å². The number of ether oxygens (including phenoxy) is 2. The van der Waals surface area contributed by atoms with Gasteiger partial charge in [0.2, 0.25) is 0 Å². The maximum absolute atomic E-state index is 12.0. The molecule has 5 nitrogen and oxygen atoms in total. The number of rotatable bonds is 5. The van der Waals surface area contributed by atoms with Crippen LogP contribution in [0.2, 0.25) is 0 Å². The van der Waals surface area contributed by atoms with Crippen LogP contribution in [0.3, 0.4) is 0 Å². The molecule has 1 saturated heterocycles. The van der Waals surface area contributed by atoms with Gasteiger partial charge in [0.1, 0.15) is 5.54 Å². The van der Waals surface area contributed by atoms with E-state index < -0.39 is 5.54 Å². The van der Waals surface area contributed by atoms with Crippen LogP contribution in [-0.2, 0) is 14.3 Å². The van der Waals surface area contributed by atoms with Crippen LogP contribution >= 0.6 is 0 Å². The standard InChI is InChI=1S/C15H28N2O3/c1-16-15(14(18)19-3)7-6-13(9-15)17(2)10-12-5-4-8-20-11-12/h12-13,16H,4-11H2,1-3H3. The first-order valence-electron chi connectivity index (χ1n) is 7.66. The van der Waals surface area contributed by atoms with Crippen molar-refractivity contribution >= 4 is 5.97 Å². The molecule has 1 N–H and O–H groups in total. The van der Waals surface area contributed by atoms with Gasteiger partial charge in [0, 0.05) is 19.2 Å². The zero-order valence-corrected chi connectivity index (χ0v) is 13.0. The first-order valence-corrected chi connectivity index (χ1v) is 7.66. The summed E-state index contributed by atoms with van der Waals surface area (Å²) in [5, 5.41) is 3.19. The number of esters is 1. The Morgan fingerprint density at radius 1 is 1.50 bits per heavy atom. The molecule has 0 aromatic heterocycles. The van der Waals surface area contributed by atoms with Gasteiger partial charge in [0.25, 0.3) is 0 Å². The fourth-order valence-electron chi connectivity index (χ4n) is 3.61. The van der Waals surface area contributed by atoms with Crippen molar-refractivity contribution in [2.75, 3.05) is 41.0 Å². The maximum atomic E-state index is 12.0. The minimum atomic E-state index is -0.489. The number of nitrogens with one attached hydrogen (secondary N) is 1. The molecular formula is C15H28N2O3. The number of methoxy groups -OCH3 is 1. The highest BCUT2D eigenvalue weighted by molar-refractivity contribution is 5.81. The van der Waals surface area contributed by atoms with Crippen molar-refractivity contribution in [3.8, 4) is 0 Å². The van der Waals surface area contributed by atoms with E-state index in [2.05, 4.69) is 17.3 Å². The lowest BCUT2D eigenvalue weighted by Gasteiger charge is -2.32. The smallest absolute Gasteiger partial charge is 0.326 e. The highest BCUT2D eigenvalue weighted by Crippen LogP contribution is 2.34. The second-order valence-electron chi connectivity index (χ2n) is 6.24. The third-order valence-corrected chi connectivity index (χ3v) is 4.97. The maximum Gasteiger partial charge on any atom is 0.326 e. The van der Waals surface area contributed by atoms with Gasteiger partial charge in [-0.3, -0.25) is 4.79 Å². The van der Waals surface area contributed by atoms with Gasteiger partial charge in [-0.15, -0.1) is 0 Å². The Bertz CT molecular complexity index is 331. The van der Waals surface area contributed by atoms with Gasteiger partial charge in [-0.25, -0.2) is 0 Å². The third kappa shape index (κ3) is 3.32. The van der Waals surface area contributed by atoms with Crippen LogP contribution in [0.1, 0.15) is 32.1 Å². The van der Waals surface area contributed by atoms with Crippen LogP contribution in [0.5, 0.6) is 0 Å². The number of carbonyl (C=O) groups excluding carboxylic acids is 1. The summed E-state index contributed by atoms with van der Waals surface area (Å²) in [6.45, 7) is 2.85. The summed E-state index contributed by atoms with van der Waals surface area (Å²) in [5.41, 5.74) is -0.489. The monoisotopic (exact) mass is 284 g/mol. The van der Waals surface area contributed by atoms with Crippen LogP contribution in [0.4, 0.5) is 0 Å². The fraction of sp³-hybridized carbons (Fsp3) is 0.933. The van der Waals surface area contributed by atoms with Gasteiger partial charge in [-0.05, 0) is 52.1 Å². The average molecular weight is 284 g/mol. The van der Waals surface area contributed by atoms with Gasteiger partial charge in [-0.1, -0.05) is 0 Å². The Balaban J connectivity index is 1.88. The van der Waals surface area contributed by atoms with E-state index in [9.17, 15) is 4.79 Å². The number of nitrogens with zero attached hydrogens (tertiary/aromatic N) is 1. The molecule has 0 aromatic rings. The topological polar surface area (TPSA) is 50.8 Å². The summed E-state index contributed by atoms with van der Waals surface area (Å²) < 4.78 is 10.5. The highest BCUT2D eigenvalue weighted by atomic mass is 16.5. The van der Waals surface area contributed by atoms with Crippen molar-refractivity contribution in [2.24, 2.45) is 5.92 Å². The van der Waals surface area contributed by atoms with E-state index in [0.717, 1.165) is 39.0 Å². The molecule has 1 saturated carbocycles. The minimum Gasteiger partial charge on any atom is -0.468 e. The molecule has 20 heavy (non-hydrogen) atoms. The number of likely N-dealkylation sites (N-methyl/N-ethyl adjacent to an activating group) is 1. The van der Waals surface area contributed by atoms with E-state index in [-0.39, 0.29) is 5.97 Å². The van der Waals surface area contributed by atoms with Gasteiger partial charge in [-0.2, -0.15) is 0 Å². The van der Waals surface area contributed by atoms with E-state index in [0.29, 0.717) is 12.0 Å². The largest absolute Gasteiger partial charge is 0.468 e. The van der Waals surface area contributed by atoms with Crippen LogP contribution in [-0.4, -0.2) is 63.4 Å². The van der Waals surface area contributed by atoms with E-state index in [4.69, 9.17) is 9.47 Å². The number of hydrogen-bond donors (Lipinski definition) is 1. The molecule has 3 atom stereocenters. The fourth-order valence-corrected chi connectivity index (χ4v) is 3.61. The lowest BCUT2D eigenvalue weighted by Crippen LogP contribution is -2.50. The lowest BCUT2D eigenvalue weighted by atomic mass is 9.97. The summed E-state index contributed by atoms with van der Waals surface area (Å²) >= 11 is 0. The molecule has 2 aliphatic rings. The van der Waals surface area contributed by atoms with Crippen LogP contribution in [0.25, 0.3) is 0 Å². The van der Waals surface area contributed by atoms with Crippen LogP contribution < -0.4 is 5.32 Å². The summed E-state index contributed by atoms with van der Waals surface area (Å²) in [4.78, 5) is 14.4. The van der Waals surface area contributed by atoms with Crippen molar-refractivity contribution in [1.82, 2.24) is 10.2 Å². The van der Waals surface area contributed by atoms with Gasteiger partial charge < -0.3 is 19.7 Å². The van der Waals surface area contributed by atoms with Crippen LogP contribution in [0.15, 0.2) is 0 Å². The molecule has 0 radical (unpaired) electrons. The summed E-state index contributed by atoms with van der Waals surface area (Å²) in [6.07, 6.45) is 5.16. The number of hydrogen-bond acceptors (Lipinski definition) is 5. The average Bonchev–Trinajstić information content (AvgIpc) is 2.93. The molecule has 1 aliphatic heterocycles. The molecular weight excluding hydrogens is 256 g/mol. The van der Waals surface area contributed by atoms with Crippen molar-refractivity contribution in [1.29, 1.82) is 0 Å². The van der Waals surface area contributed by atoms with Crippen molar-refractivity contribution in [3.05, 3.63) is 0 Å². The van der Waals surface area contributed by atoms with Crippen molar-refractivity contribution in [2.45, 2.75) is 43.7 Å². The molecule has 2 fully saturated rings. The molecule has 0 amide bonds. The summed E-state index contributed by atoms with van der Waals surface area (Å²) in [6, 6.07) is 0.448. The predicted octanol–water partition coefficient (Wildman–Crippen LogP) is 1.03. The molecule has 1 heterocycles. The Morgan fingerprint density at radius 3 is 2.90 bits per heavy atom. The Hall–Kier alpha value is -0.650. The van der Waals surface area contributed by atoms with E-state index in [1.54, 1.807) is 0 Å². The molecule has 2 rings (SSSR count). The SMILES string of the molecule is CNC1(C(=O)OC)CCC(N(C)CC2CCCOC2)C1. The van der Waals surface area contributed by atoms with Gasteiger partial charge >= 0.3 is 5.97 Å². The third-order valence-electron chi connectivity index (χ3n) is 4.97. The molecule has 3 unspecified atom stereocenters. The number of carbonyl (C=O) groups is 1. The predicted molar refractivity (Wildman–Crippen MR) is 77.6 cm³/mol. The van der Waals surface area contributed by atoms with Crippen molar-refractivity contribution in [3.63, 3.8) is 0 Å². The van der Waals surface area contributed by atoms with Crippen LogP contribution in [0, 0.1) is 5.92 Å². The second-order valence-corrected chi connectivity index (χ2v) is 6.24. The van der Waals surface area contributed by atoms with Gasteiger partial charge in [0.05, 0.1) is 13.7 Å². The Labute approximate surface area is 122 Å². The first-order chi connectivity index (χ1) is 9.61. The van der Waals surface area contributed by atoms with E-state index in [1.807, 2.05) is 7.05 Å². The molecule has 0 aromatic carbocycles. The molecule has 0 spiro atoms. The zero-order chi connectivity index (χ0) is 14.6. The molecule has 0 bridgehead atoms. The quantitative estimate of drug-likeness (QED) is 0.764. The molecule has 1 aliphatic carbocycles. The lowest BCUT2D eigenvalue weighted by molar-refractivity contribution is -0.148. The van der Waals surface area contributed by atoms with E-state index >= 15 is 0 Å². The zero-order valence-electron chi connectivity index (χ0n) is 13.0. The first kappa shape index (κ1) is 15.7. The second kappa shape index (κ2) is 6.87. The summed E-state index contributed by atoms with van der Waals surface area (Å²) in [7, 11) is 5.49. The normalized spacial score (nSPS) is 34.4. The Morgan fingerprint density at radius 2 is 2.30 bits per heavy atom.